The predicted octanol–water partition coefficient (Wildman–Crippen LogP) is 1.68. The van der Waals surface area contributed by atoms with Crippen molar-refractivity contribution in [1.82, 2.24) is 0 Å². The minimum absolute atomic E-state index is 0.271. The molecule has 3 nitrogen and oxygen atoms in total. The van der Waals surface area contributed by atoms with E-state index in [-0.39, 0.29) is 6.79 Å². The van der Waals surface area contributed by atoms with E-state index in [1.54, 1.807) is 0 Å². The Morgan fingerprint density at radius 1 is 0.929 bits per heavy atom. The Balaban J connectivity index is 1.69. The fourth-order valence-electron chi connectivity index (χ4n) is 4.27. The molecule has 0 atom stereocenters. The highest BCUT2D eigenvalue weighted by Crippen LogP contribution is 2.54. The molecule has 0 heterocycles. The Hall–Kier alpha value is -0.120. The summed E-state index contributed by atoms with van der Waals surface area (Å²) in [5.41, 5.74) is 0. The first-order chi connectivity index (χ1) is 6.86. The summed E-state index contributed by atoms with van der Waals surface area (Å²) < 4.78 is 5.72. The molecular weight excluding hydrogens is 178 g/mol. The standard InChI is InChI=1S/C11H19NO2/c12-14-6-13-11-9-2-7-1-8(4-9)5-10(11)3-7/h7-11H,1-6,12H2. The maximum atomic E-state index is 5.72. The van der Waals surface area contributed by atoms with Crippen molar-refractivity contribution in [2.75, 3.05) is 6.79 Å². The highest BCUT2D eigenvalue weighted by atomic mass is 16.7. The fraction of sp³-hybridized carbons (Fsp3) is 1.00. The molecule has 14 heavy (non-hydrogen) atoms. The normalized spacial score (nSPS) is 49.9. The van der Waals surface area contributed by atoms with Gasteiger partial charge in [0.15, 0.2) is 6.79 Å². The van der Waals surface area contributed by atoms with Gasteiger partial charge in [-0.05, 0) is 55.8 Å². The number of rotatable bonds is 3. The van der Waals surface area contributed by atoms with Crippen LogP contribution < -0.4 is 5.90 Å². The summed E-state index contributed by atoms with van der Waals surface area (Å²) in [5, 5.41) is 0. The molecule has 3 heteroatoms. The summed E-state index contributed by atoms with van der Waals surface area (Å²) in [7, 11) is 0. The van der Waals surface area contributed by atoms with E-state index in [1.807, 2.05) is 0 Å². The first kappa shape index (κ1) is 9.13. The molecule has 0 aromatic heterocycles. The quantitative estimate of drug-likeness (QED) is 0.553. The number of hydrogen-bond donors (Lipinski definition) is 1. The lowest BCUT2D eigenvalue weighted by Crippen LogP contribution is -2.49. The topological polar surface area (TPSA) is 44.5 Å². The SMILES string of the molecule is NOCOC1C2CC3CC(C2)CC1C3. The van der Waals surface area contributed by atoms with Crippen LogP contribution in [0.2, 0.25) is 0 Å². The fourth-order valence-corrected chi connectivity index (χ4v) is 4.27. The lowest BCUT2D eigenvalue weighted by Gasteiger charge is -2.53. The minimum atomic E-state index is 0.271. The zero-order valence-corrected chi connectivity index (χ0v) is 8.52. The molecule has 0 aromatic rings. The van der Waals surface area contributed by atoms with Gasteiger partial charge in [0.25, 0.3) is 0 Å². The molecule has 4 aliphatic carbocycles. The van der Waals surface area contributed by atoms with Gasteiger partial charge in [0.05, 0.1) is 6.10 Å². The average molecular weight is 197 g/mol. The lowest BCUT2D eigenvalue weighted by atomic mass is 9.55. The van der Waals surface area contributed by atoms with Gasteiger partial charge in [-0.2, -0.15) is 0 Å². The average Bonchev–Trinajstić information content (AvgIpc) is 2.15. The molecule has 0 aromatic carbocycles. The molecular formula is C11H19NO2. The molecule has 80 valence electrons. The lowest BCUT2D eigenvalue weighted by molar-refractivity contribution is -0.176. The van der Waals surface area contributed by atoms with Gasteiger partial charge in [0.1, 0.15) is 0 Å². The monoisotopic (exact) mass is 197 g/mol. The molecule has 4 saturated carbocycles. The molecule has 0 amide bonds. The zero-order chi connectivity index (χ0) is 9.54. The van der Waals surface area contributed by atoms with E-state index in [2.05, 4.69) is 4.84 Å². The smallest absolute Gasteiger partial charge is 0.166 e. The highest BCUT2D eigenvalue weighted by Gasteiger charge is 2.48. The van der Waals surface area contributed by atoms with Gasteiger partial charge in [-0.1, -0.05) is 0 Å². The molecule has 4 rings (SSSR count). The molecule has 0 unspecified atom stereocenters. The molecule has 0 aliphatic heterocycles. The van der Waals surface area contributed by atoms with Crippen LogP contribution in [0.15, 0.2) is 0 Å². The third-order valence-electron chi connectivity index (χ3n) is 4.47. The largest absolute Gasteiger partial charge is 0.350 e. The van der Waals surface area contributed by atoms with Gasteiger partial charge < -0.3 is 4.74 Å². The second kappa shape index (κ2) is 3.47. The second-order valence-corrected chi connectivity index (χ2v) is 5.35. The van der Waals surface area contributed by atoms with Crippen molar-refractivity contribution in [2.45, 2.75) is 38.2 Å². The molecule has 0 radical (unpaired) electrons. The molecule has 0 saturated heterocycles. The maximum Gasteiger partial charge on any atom is 0.166 e. The van der Waals surface area contributed by atoms with Crippen LogP contribution in [0, 0.1) is 23.7 Å². The second-order valence-electron chi connectivity index (χ2n) is 5.35. The summed E-state index contributed by atoms with van der Waals surface area (Å²) in [6.07, 6.45) is 7.51. The first-order valence-electron chi connectivity index (χ1n) is 5.80. The van der Waals surface area contributed by atoms with Crippen LogP contribution in [0.1, 0.15) is 32.1 Å². The Morgan fingerprint density at radius 3 is 2.00 bits per heavy atom. The zero-order valence-electron chi connectivity index (χ0n) is 8.52. The summed E-state index contributed by atoms with van der Waals surface area (Å²) in [6.45, 7) is 0.271. The van der Waals surface area contributed by atoms with Crippen LogP contribution in [-0.2, 0) is 9.57 Å². The highest BCUT2D eigenvalue weighted by molar-refractivity contribution is 4.98. The van der Waals surface area contributed by atoms with Gasteiger partial charge in [-0.15, -0.1) is 0 Å². The summed E-state index contributed by atoms with van der Waals surface area (Å²) in [6, 6.07) is 0. The van der Waals surface area contributed by atoms with Crippen LogP contribution in [0.5, 0.6) is 0 Å². The van der Waals surface area contributed by atoms with Crippen molar-refractivity contribution in [1.29, 1.82) is 0 Å². The first-order valence-corrected chi connectivity index (χ1v) is 5.80. The third kappa shape index (κ3) is 1.38. The Labute approximate surface area is 84.9 Å². The van der Waals surface area contributed by atoms with Crippen molar-refractivity contribution in [3.8, 4) is 0 Å². The van der Waals surface area contributed by atoms with Gasteiger partial charge >= 0.3 is 0 Å². The van der Waals surface area contributed by atoms with E-state index >= 15 is 0 Å². The van der Waals surface area contributed by atoms with Gasteiger partial charge in [-0.25, -0.2) is 5.90 Å². The van der Waals surface area contributed by atoms with Crippen molar-refractivity contribution in [3.63, 3.8) is 0 Å². The van der Waals surface area contributed by atoms with Crippen molar-refractivity contribution < 1.29 is 9.57 Å². The minimum Gasteiger partial charge on any atom is -0.350 e. The maximum absolute atomic E-state index is 5.72. The summed E-state index contributed by atoms with van der Waals surface area (Å²) in [4.78, 5) is 4.53. The van der Waals surface area contributed by atoms with Crippen LogP contribution in [0.4, 0.5) is 0 Å². The Kier molecular flexibility index (Phi) is 2.26. The Bertz CT molecular complexity index is 191. The van der Waals surface area contributed by atoms with Crippen LogP contribution >= 0.6 is 0 Å². The van der Waals surface area contributed by atoms with Gasteiger partial charge in [-0.3, -0.25) is 4.84 Å². The van der Waals surface area contributed by atoms with Crippen molar-refractivity contribution >= 4 is 0 Å². The van der Waals surface area contributed by atoms with Gasteiger partial charge in [0, 0.05) is 0 Å². The van der Waals surface area contributed by atoms with E-state index in [0.717, 1.165) is 23.7 Å². The van der Waals surface area contributed by atoms with E-state index in [1.165, 1.54) is 32.1 Å². The van der Waals surface area contributed by atoms with Crippen molar-refractivity contribution in [2.24, 2.45) is 29.6 Å². The number of ether oxygens (including phenoxy) is 1. The molecule has 4 fully saturated rings. The number of nitrogens with two attached hydrogens (primary N) is 1. The number of hydrogen-bond acceptors (Lipinski definition) is 3. The molecule has 2 N–H and O–H groups in total. The van der Waals surface area contributed by atoms with E-state index < -0.39 is 0 Å². The Morgan fingerprint density at radius 2 is 1.50 bits per heavy atom. The third-order valence-corrected chi connectivity index (χ3v) is 4.47. The van der Waals surface area contributed by atoms with Crippen molar-refractivity contribution in [3.05, 3.63) is 0 Å². The van der Waals surface area contributed by atoms with Crippen LogP contribution in [-0.4, -0.2) is 12.9 Å². The molecule has 4 bridgehead atoms. The van der Waals surface area contributed by atoms with Crippen LogP contribution in [0.25, 0.3) is 0 Å². The van der Waals surface area contributed by atoms with Crippen LogP contribution in [0.3, 0.4) is 0 Å². The molecule has 0 spiro atoms. The molecule has 4 aliphatic rings. The van der Waals surface area contributed by atoms with Gasteiger partial charge in [0.2, 0.25) is 0 Å². The summed E-state index contributed by atoms with van der Waals surface area (Å²) in [5.74, 6) is 8.64. The van der Waals surface area contributed by atoms with E-state index in [4.69, 9.17) is 10.6 Å². The summed E-state index contributed by atoms with van der Waals surface area (Å²) >= 11 is 0. The van der Waals surface area contributed by atoms with E-state index in [9.17, 15) is 0 Å². The predicted molar refractivity (Wildman–Crippen MR) is 52.1 cm³/mol. The van der Waals surface area contributed by atoms with E-state index in [0.29, 0.717) is 6.10 Å².